The predicted molar refractivity (Wildman–Crippen MR) is 82.3 cm³/mol. The second-order valence-electron chi connectivity index (χ2n) is 5.27. The highest BCUT2D eigenvalue weighted by molar-refractivity contribution is 5.85. The van der Waals surface area contributed by atoms with E-state index < -0.39 is 0 Å². The van der Waals surface area contributed by atoms with Crippen molar-refractivity contribution in [1.29, 1.82) is 0 Å². The van der Waals surface area contributed by atoms with Crippen LogP contribution >= 0.6 is 12.4 Å². The molecule has 1 aliphatic rings. The van der Waals surface area contributed by atoms with E-state index in [0.29, 0.717) is 12.3 Å². The molecule has 2 N–H and O–H groups in total. The van der Waals surface area contributed by atoms with Crippen molar-refractivity contribution in [3.8, 4) is 5.75 Å². The summed E-state index contributed by atoms with van der Waals surface area (Å²) < 4.78 is 5.11. The first-order valence-electron chi connectivity index (χ1n) is 6.76. The third-order valence-corrected chi connectivity index (χ3v) is 3.84. The predicted octanol–water partition coefficient (Wildman–Crippen LogP) is 1.86. The van der Waals surface area contributed by atoms with Gasteiger partial charge < -0.3 is 15.4 Å². The Morgan fingerprint density at radius 3 is 2.60 bits per heavy atom. The Labute approximate surface area is 126 Å². The summed E-state index contributed by atoms with van der Waals surface area (Å²) in [5.41, 5.74) is 6.92. The fourth-order valence-electron chi connectivity index (χ4n) is 2.47. The Kier molecular flexibility index (Phi) is 6.30. The lowest BCUT2D eigenvalue weighted by molar-refractivity contribution is -0.129. The summed E-state index contributed by atoms with van der Waals surface area (Å²) >= 11 is 0. The molecule has 0 saturated carbocycles. The number of likely N-dealkylation sites (tertiary alicyclic amines) is 1. The van der Waals surface area contributed by atoms with Crippen molar-refractivity contribution >= 4 is 18.3 Å². The van der Waals surface area contributed by atoms with E-state index in [1.807, 2.05) is 36.1 Å². The summed E-state index contributed by atoms with van der Waals surface area (Å²) in [6.45, 7) is 3.65. The second-order valence-corrected chi connectivity index (χ2v) is 5.27. The average Bonchev–Trinajstić information content (AvgIpc) is 2.89. The Hall–Kier alpha value is -1.26. The number of rotatable bonds is 4. The average molecular weight is 299 g/mol. The normalized spacial score (nSPS) is 19.4. The van der Waals surface area contributed by atoms with Crippen molar-refractivity contribution in [3.05, 3.63) is 29.8 Å². The van der Waals surface area contributed by atoms with Gasteiger partial charge in [0.1, 0.15) is 5.75 Å². The van der Waals surface area contributed by atoms with Crippen molar-refractivity contribution in [2.24, 2.45) is 11.7 Å². The van der Waals surface area contributed by atoms with Crippen LogP contribution in [0.5, 0.6) is 5.75 Å². The van der Waals surface area contributed by atoms with Crippen molar-refractivity contribution in [3.63, 3.8) is 0 Å². The maximum Gasteiger partial charge on any atom is 0.226 e. The molecule has 0 radical (unpaired) electrons. The smallest absolute Gasteiger partial charge is 0.226 e. The van der Waals surface area contributed by atoms with Gasteiger partial charge in [-0.1, -0.05) is 12.1 Å². The van der Waals surface area contributed by atoms with Crippen LogP contribution in [0.1, 0.15) is 18.9 Å². The van der Waals surface area contributed by atoms with E-state index in [2.05, 4.69) is 0 Å². The number of carbonyl (C=O) groups excluding carboxylic acids is 1. The van der Waals surface area contributed by atoms with Crippen LogP contribution in [0.2, 0.25) is 0 Å². The van der Waals surface area contributed by atoms with Gasteiger partial charge in [0.25, 0.3) is 0 Å². The van der Waals surface area contributed by atoms with Crippen molar-refractivity contribution in [2.45, 2.75) is 25.8 Å². The van der Waals surface area contributed by atoms with Gasteiger partial charge in [-0.2, -0.15) is 0 Å². The number of amides is 1. The van der Waals surface area contributed by atoms with Crippen LogP contribution in [-0.2, 0) is 11.2 Å². The van der Waals surface area contributed by atoms with Gasteiger partial charge in [-0.05, 0) is 37.0 Å². The monoisotopic (exact) mass is 298 g/mol. The lowest BCUT2D eigenvalue weighted by atomic mass is 10.0. The number of nitrogens with zero attached hydrogens (tertiary/aromatic N) is 1. The molecule has 1 fully saturated rings. The molecule has 1 amide bonds. The third kappa shape index (κ3) is 4.12. The maximum absolute atomic E-state index is 12.2. The highest BCUT2D eigenvalue weighted by atomic mass is 35.5. The third-order valence-electron chi connectivity index (χ3n) is 3.84. The largest absolute Gasteiger partial charge is 0.497 e. The van der Waals surface area contributed by atoms with Gasteiger partial charge in [-0.3, -0.25) is 4.79 Å². The summed E-state index contributed by atoms with van der Waals surface area (Å²) in [5, 5.41) is 0. The standard InChI is InChI=1S/C15H22N2O2.ClH/c1-11(16)13-7-8-17(10-13)15(18)9-12-3-5-14(19-2)6-4-12;/h3-6,11,13H,7-10,16H2,1-2H3;1H. The molecule has 2 unspecified atom stereocenters. The van der Waals surface area contributed by atoms with E-state index in [9.17, 15) is 4.79 Å². The molecule has 20 heavy (non-hydrogen) atoms. The molecule has 0 bridgehead atoms. The van der Waals surface area contributed by atoms with Crippen LogP contribution in [0.3, 0.4) is 0 Å². The van der Waals surface area contributed by atoms with E-state index in [-0.39, 0.29) is 24.4 Å². The molecule has 1 saturated heterocycles. The second kappa shape index (κ2) is 7.50. The molecule has 0 spiro atoms. The van der Waals surface area contributed by atoms with E-state index in [0.717, 1.165) is 30.8 Å². The number of benzene rings is 1. The topological polar surface area (TPSA) is 55.6 Å². The number of hydrogen-bond donors (Lipinski definition) is 1. The molecule has 112 valence electrons. The van der Waals surface area contributed by atoms with Gasteiger partial charge in [-0.15, -0.1) is 12.4 Å². The Morgan fingerprint density at radius 1 is 1.45 bits per heavy atom. The Morgan fingerprint density at radius 2 is 2.10 bits per heavy atom. The van der Waals surface area contributed by atoms with Crippen molar-refractivity contribution < 1.29 is 9.53 Å². The molecule has 0 aromatic heterocycles. The van der Waals surface area contributed by atoms with Crippen LogP contribution in [0.4, 0.5) is 0 Å². The van der Waals surface area contributed by atoms with Gasteiger partial charge in [0.2, 0.25) is 5.91 Å². The first-order valence-corrected chi connectivity index (χ1v) is 6.76. The summed E-state index contributed by atoms with van der Waals surface area (Å²) in [6.07, 6.45) is 1.47. The summed E-state index contributed by atoms with van der Waals surface area (Å²) in [7, 11) is 1.64. The van der Waals surface area contributed by atoms with E-state index >= 15 is 0 Å². The SMILES string of the molecule is COc1ccc(CC(=O)N2CCC(C(C)N)C2)cc1.Cl. The van der Waals surface area contributed by atoms with Gasteiger partial charge in [0.05, 0.1) is 13.5 Å². The molecule has 2 rings (SSSR count). The molecular formula is C15H23ClN2O2. The zero-order valence-electron chi connectivity index (χ0n) is 12.0. The number of ether oxygens (including phenoxy) is 1. The first-order chi connectivity index (χ1) is 9.10. The molecular weight excluding hydrogens is 276 g/mol. The van der Waals surface area contributed by atoms with Gasteiger partial charge in [0.15, 0.2) is 0 Å². The quantitative estimate of drug-likeness (QED) is 0.923. The highest BCUT2D eigenvalue weighted by Crippen LogP contribution is 2.20. The molecule has 1 heterocycles. The molecule has 0 aliphatic carbocycles. The lowest BCUT2D eigenvalue weighted by Gasteiger charge is -2.18. The molecule has 1 aliphatic heterocycles. The van der Waals surface area contributed by atoms with Gasteiger partial charge >= 0.3 is 0 Å². The van der Waals surface area contributed by atoms with Crippen LogP contribution in [0.15, 0.2) is 24.3 Å². The van der Waals surface area contributed by atoms with Crippen LogP contribution < -0.4 is 10.5 Å². The minimum Gasteiger partial charge on any atom is -0.497 e. The molecule has 1 aromatic rings. The molecule has 2 atom stereocenters. The van der Waals surface area contributed by atoms with Crippen molar-refractivity contribution in [1.82, 2.24) is 4.90 Å². The maximum atomic E-state index is 12.2. The molecule has 4 nitrogen and oxygen atoms in total. The number of carbonyl (C=O) groups is 1. The molecule has 5 heteroatoms. The fourth-order valence-corrected chi connectivity index (χ4v) is 2.47. The van der Waals surface area contributed by atoms with E-state index in [4.69, 9.17) is 10.5 Å². The number of nitrogens with two attached hydrogens (primary N) is 1. The van der Waals surface area contributed by atoms with Crippen molar-refractivity contribution in [2.75, 3.05) is 20.2 Å². The molecule has 1 aromatic carbocycles. The lowest BCUT2D eigenvalue weighted by Crippen LogP contribution is -2.33. The minimum absolute atomic E-state index is 0. The van der Waals surface area contributed by atoms with Crippen LogP contribution in [0.25, 0.3) is 0 Å². The van der Waals surface area contributed by atoms with Crippen LogP contribution in [-0.4, -0.2) is 37.0 Å². The Bertz CT molecular complexity index is 434. The van der Waals surface area contributed by atoms with Crippen LogP contribution in [0, 0.1) is 5.92 Å². The summed E-state index contributed by atoms with van der Waals surface area (Å²) in [5.74, 6) is 1.45. The minimum atomic E-state index is 0. The first kappa shape index (κ1) is 16.8. The summed E-state index contributed by atoms with van der Waals surface area (Å²) in [6, 6.07) is 7.82. The zero-order chi connectivity index (χ0) is 13.8. The zero-order valence-corrected chi connectivity index (χ0v) is 12.9. The number of hydrogen-bond acceptors (Lipinski definition) is 3. The van der Waals surface area contributed by atoms with E-state index in [1.165, 1.54) is 0 Å². The van der Waals surface area contributed by atoms with Gasteiger partial charge in [0, 0.05) is 19.1 Å². The number of halogens is 1. The van der Waals surface area contributed by atoms with Gasteiger partial charge in [-0.25, -0.2) is 0 Å². The highest BCUT2D eigenvalue weighted by Gasteiger charge is 2.28. The van der Waals surface area contributed by atoms with E-state index in [1.54, 1.807) is 7.11 Å². The Balaban J connectivity index is 0.00000200. The fraction of sp³-hybridized carbons (Fsp3) is 0.533. The summed E-state index contributed by atoms with van der Waals surface area (Å²) in [4.78, 5) is 14.1. The number of methoxy groups -OCH3 is 1.